The zero-order chi connectivity index (χ0) is 27.1. The molecule has 1 unspecified atom stereocenters. The van der Waals surface area contributed by atoms with E-state index in [-0.39, 0.29) is 28.9 Å². The summed E-state index contributed by atoms with van der Waals surface area (Å²) in [6.45, 7) is 5.37. The minimum atomic E-state index is -1.10. The topological polar surface area (TPSA) is 139 Å². The number of carbonyl (C=O) groups excluding carboxylic acids is 1. The maximum Gasteiger partial charge on any atom is 0.238 e. The standard InChI is InChI=1S/C25H35N5O6S2/c1-35-24(34)18-15-21(17-6-8-29(9-7-17)30-10-12-36-13-11-30)38-23(18)26-25(37)28-27-22(33)5-3-16-2-4-19(31)20(32)14-16/h2,4,14-15,17,24,31-32,34H,3,5-13H2,1H3,(H,27,33)(H2,26,28,37). The van der Waals surface area contributed by atoms with Gasteiger partial charge in [0.2, 0.25) is 5.91 Å². The molecule has 38 heavy (non-hydrogen) atoms. The molecule has 1 atom stereocenters. The van der Waals surface area contributed by atoms with Crippen LogP contribution >= 0.6 is 23.6 Å². The second-order valence-corrected chi connectivity index (χ2v) is 10.8. The van der Waals surface area contributed by atoms with Crippen LogP contribution < -0.4 is 16.2 Å². The molecule has 2 aromatic rings. The molecule has 4 rings (SSSR count). The van der Waals surface area contributed by atoms with Crippen molar-refractivity contribution in [1.29, 1.82) is 0 Å². The first-order valence-corrected chi connectivity index (χ1v) is 13.8. The minimum absolute atomic E-state index is 0.153. The fraction of sp³-hybridized carbons (Fsp3) is 0.520. The Kier molecular flexibility index (Phi) is 10.1. The fourth-order valence-electron chi connectivity index (χ4n) is 4.61. The summed E-state index contributed by atoms with van der Waals surface area (Å²) in [6, 6.07) is 6.43. The molecule has 1 amide bonds. The van der Waals surface area contributed by atoms with E-state index in [4.69, 9.17) is 21.7 Å². The van der Waals surface area contributed by atoms with Gasteiger partial charge in [-0.1, -0.05) is 6.07 Å². The molecule has 2 aliphatic heterocycles. The summed E-state index contributed by atoms with van der Waals surface area (Å²) in [4.78, 5) is 13.4. The number of thiocarbonyl (C=S) groups is 1. The van der Waals surface area contributed by atoms with Crippen molar-refractivity contribution in [2.45, 2.75) is 37.9 Å². The molecule has 6 N–H and O–H groups in total. The number of carbonyl (C=O) groups is 1. The van der Waals surface area contributed by atoms with Crippen LogP contribution in [0.3, 0.4) is 0 Å². The summed E-state index contributed by atoms with van der Waals surface area (Å²) in [7, 11) is 1.44. The first-order chi connectivity index (χ1) is 18.3. The summed E-state index contributed by atoms with van der Waals surface area (Å²) < 4.78 is 10.6. The Labute approximate surface area is 231 Å². The largest absolute Gasteiger partial charge is 0.504 e. The Bertz CT molecular complexity index is 1100. The van der Waals surface area contributed by atoms with Gasteiger partial charge in [0.05, 0.1) is 13.2 Å². The molecule has 3 heterocycles. The number of anilines is 1. The van der Waals surface area contributed by atoms with E-state index in [9.17, 15) is 20.1 Å². The number of aromatic hydroxyl groups is 2. The number of methoxy groups -OCH3 is 1. The second kappa shape index (κ2) is 13.5. The number of nitrogens with zero attached hydrogens (tertiary/aromatic N) is 2. The number of benzene rings is 1. The molecule has 13 heteroatoms. The number of aliphatic hydroxyl groups excluding tert-OH is 1. The number of morpholine rings is 1. The van der Waals surface area contributed by atoms with Crippen LogP contribution in [-0.2, 0) is 20.7 Å². The summed E-state index contributed by atoms with van der Waals surface area (Å²) in [6.07, 6.45) is 1.45. The van der Waals surface area contributed by atoms with Crippen molar-refractivity contribution < 1.29 is 29.6 Å². The summed E-state index contributed by atoms with van der Waals surface area (Å²) in [5, 5.41) is 38.1. The monoisotopic (exact) mass is 565 g/mol. The van der Waals surface area contributed by atoms with Gasteiger partial charge in [0.15, 0.2) is 22.9 Å². The van der Waals surface area contributed by atoms with E-state index < -0.39 is 6.29 Å². The van der Waals surface area contributed by atoms with E-state index >= 15 is 0 Å². The van der Waals surface area contributed by atoms with Gasteiger partial charge in [0.25, 0.3) is 0 Å². The lowest BCUT2D eigenvalue weighted by Gasteiger charge is -2.41. The number of hydrazine groups is 2. The maximum atomic E-state index is 12.3. The lowest BCUT2D eigenvalue weighted by molar-refractivity contribution is -0.121. The van der Waals surface area contributed by atoms with E-state index in [0.717, 1.165) is 62.7 Å². The van der Waals surface area contributed by atoms with Crippen molar-refractivity contribution >= 4 is 39.6 Å². The Morgan fingerprint density at radius 3 is 2.53 bits per heavy atom. The number of piperidine rings is 1. The smallest absolute Gasteiger partial charge is 0.238 e. The number of thiophene rings is 1. The second-order valence-electron chi connectivity index (χ2n) is 9.27. The van der Waals surface area contributed by atoms with Crippen LogP contribution in [0, 0.1) is 0 Å². The van der Waals surface area contributed by atoms with Crippen molar-refractivity contribution in [3.05, 3.63) is 40.3 Å². The van der Waals surface area contributed by atoms with Gasteiger partial charge in [-0.25, -0.2) is 10.0 Å². The molecule has 0 aliphatic carbocycles. The molecular weight excluding hydrogens is 530 g/mol. The number of aliphatic hydroxyl groups is 1. The summed E-state index contributed by atoms with van der Waals surface area (Å²) in [5.41, 5.74) is 6.57. The molecule has 0 saturated carbocycles. The third-order valence-corrected chi connectivity index (χ3v) is 8.19. The number of hydrogen-bond donors (Lipinski definition) is 6. The predicted octanol–water partition coefficient (Wildman–Crippen LogP) is 2.17. The van der Waals surface area contributed by atoms with Crippen LogP contribution in [0.25, 0.3) is 0 Å². The molecule has 1 aromatic carbocycles. The summed E-state index contributed by atoms with van der Waals surface area (Å²) >= 11 is 6.90. The molecule has 0 bridgehead atoms. The predicted molar refractivity (Wildman–Crippen MR) is 148 cm³/mol. The number of ether oxygens (including phenoxy) is 2. The fourth-order valence-corrected chi connectivity index (χ4v) is 6.08. The minimum Gasteiger partial charge on any atom is -0.504 e. The lowest BCUT2D eigenvalue weighted by Crippen LogP contribution is -2.51. The SMILES string of the molecule is COC(O)c1cc(C2CCN(N3CCOCC3)CC2)sc1NC(=S)NNC(=O)CCc1ccc(O)c(O)c1. The van der Waals surface area contributed by atoms with E-state index in [2.05, 4.69) is 26.2 Å². The van der Waals surface area contributed by atoms with Gasteiger partial charge in [-0.3, -0.25) is 15.6 Å². The van der Waals surface area contributed by atoms with E-state index in [1.165, 1.54) is 30.6 Å². The summed E-state index contributed by atoms with van der Waals surface area (Å²) in [5.74, 6) is -0.350. The molecule has 1 aromatic heterocycles. The normalized spacial score (nSPS) is 18.2. The number of nitrogens with one attached hydrogen (secondary N) is 3. The Morgan fingerprint density at radius 1 is 1.13 bits per heavy atom. The zero-order valence-corrected chi connectivity index (χ0v) is 22.9. The van der Waals surface area contributed by atoms with Gasteiger partial charge in [-0.2, -0.15) is 0 Å². The molecule has 2 fully saturated rings. The van der Waals surface area contributed by atoms with Crippen molar-refractivity contribution in [3.63, 3.8) is 0 Å². The Morgan fingerprint density at radius 2 is 1.84 bits per heavy atom. The number of rotatable bonds is 8. The third kappa shape index (κ3) is 7.53. The van der Waals surface area contributed by atoms with Crippen molar-refractivity contribution in [3.8, 4) is 11.5 Å². The van der Waals surface area contributed by atoms with Crippen LogP contribution in [0.1, 0.15) is 47.5 Å². The van der Waals surface area contributed by atoms with Gasteiger partial charge in [0, 0.05) is 50.2 Å². The van der Waals surface area contributed by atoms with E-state index in [0.29, 0.717) is 22.9 Å². The number of phenols is 2. The van der Waals surface area contributed by atoms with Crippen LogP contribution in [0.4, 0.5) is 5.00 Å². The number of hydrogen-bond acceptors (Lipinski definition) is 10. The quantitative estimate of drug-likeness (QED) is 0.122. The van der Waals surface area contributed by atoms with Gasteiger partial charge in [-0.05, 0) is 61.2 Å². The van der Waals surface area contributed by atoms with Crippen LogP contribution in [0.15, 0.2) is 24.3 Å². The molecule has 208 valence electrons. The van der Waals surface area contributed by atoms with Gasteiger partial charge in [0.1, 0.15) is 5.00 Å². The van der Waals surface area contributed by atoms with Crippen LogP contribution in [-0.4, -0.2) is 82.9 Å². The van der Waals surface area contributed by atoms with Gasteiger partial charge >= 0.3 is 0 Å². The van der Waals surface area contributed by atoms with Gasteiger partial charge < -0.3 is 30.1 Å². The average Bonchev–Trinajstić information content (AvgIpc) is 3.36. The highest BCUT2D eigenvalue weighted by molar-refractivity contribution is 7.80. The average molecular weight is 566 g/mol. The van der Waals surface area contributed by atoms with Crippen molar-refractivity contribution in [2.75, 3.05) is 51.8 Å². The third-order valence-electron chi connectivity index (χ3n) is 6.75. The van der Waals surface area contributed by atoms with Gasteiger partial charge in [-0.15, -0.1) is 11.3 Å². The maximum absolute atomic E-state index is 12.3. The first kappa shape index (κ1) is 28.5. The molecule has 2 aliphatic rings. The highest BCUT2D eigenvalue weighted by Crippen LogP contribution is 2.40. The number of aryl methyl sites for hydroxylation is 1. The van der Waals surface area contributed by atoms with Crippen LogP contribution in [0.2, 0.25) is 0 Å². The molecule has 2 saturated heterocycles. The highest BCUT2D eigenvalue weighted by atomic mass is 32.1. The number of phenolic OH excluding ortho intramolecular Hbond substituents is 2. The van der Waals surface area contributed by atoms with E-state index in [1.807, 2.05) is 6.07 Å². The Hall–Kier alpha value is -2.52. The molecular formula is C25H35N5O6S2. The van der Waals surface area contributed by atoms with Crippen molar-refractivity contribution in [1.82, 2.24) is 20.9 Å². The number of amides is 1. The van der Waals surface area contributed by atoms with E-state index in [1.54, 1.807) is 6.07 Å². The molecule has 0 spiro atoms. The Balaban J connectivity index is 1.29. The van der Waals surface area contributed by atoms with Crippen molar-refractivity contribution in [2.24, 2.45) is 0 Å². The highest BCUT2D eigenvalue weighted by Gasteiger charge is 2.28. The first-order valence-electron chi connectivity index (χ1n) is 12.6. The zero-order valence-electron chi connectivity index (χ0n) is 21.3. The molecule has 11 nitrogen and oxygen atoms in total. The van der Waals surface area contributed by atoms with Crippen LogP contribution in [0.5, 0.6) is 11.5 Å². The lowest BCUT2D eigenvalue weighted by atomic mass is 9.95. The molecule has 0 radical (unpaired) electrons.